The van der Waals surface area contributed by atoms with Gasteiger partial charge in [-0.15, -0.1) is 0 Å². The first-order chi connectivity index (χ1) is 28.7. The van der Waals surface area contributed by atoms with Crippen molar-refractivity contribution in [2.75, 3.05) is 4.90 Å². The Hall–Kier alpha value is -7.82. The van der Waals surface area contributed by atoms with Crippen LogP contribution in [0.1, 0.15) is 0 Å². The van der Waals surface area contributed by atoms with Gasteiger partial charge >= 0.3 is 0 Å². The van der Waals surface area contributed by atoms with Gasteiger partial charge in [-0.3, -0.25) is 0 Å². The molecule has 1 aliphatic rings. The molecule has 0 saturated heterocycles. The highest BCUT2D eigenvalue weighted by molar-refractivity contribution is 6.13. The number of hydrogen-bond acceptors (Lipinski definition) is 3. The van der Waals surface area contributed by atoms with Crippen LogP contribution in [-0.4, -0.2) is 4.57 Å². The highest BCUT2D eigenvalue weighted by Crippen LogP contribution is 2.49. The highest BCUT2D eigenvalue weighted by atomic mass is 16.5. The topological polar surface area (TPSA) is 30.5 Å². The van der Waals surface area contributed by atoms with Crippen LogP contribution in [-0.2, 0) is 0 Å². The molecule has 4 heteroatoms. The van der Waals surface area contributed by atoms with Gasteiger partial charge in [-0.1, -0.05) is 133 Å². The van der Waals surface area contributed by atoms with Crippen LogP contribution in [0.4, 0.5) is 17.1 Å². The number of hydrogen-bond donors (Lipinski definition) is 0. The van der Waals surface area contributed by atoms with Crippen LogP contribution in [0.3, 0.4) is 0 Å². The molecule has 0 bridgehead atoms. The average molecular weight is 743 g/mol. The highest BCUT2D eigenvalue weighted by Gasteiger charge is 2.26. The van der Waals surface area contributed by atoms with Gasteiger partial charge < -0.3 is 18.6 Å². The lowest BCUT2D eigenvalue weighted by molar-refractivity contribution is 0.477. The first-order valence-corrected chi connectivity index (χ1v) is 19.7. The minimum atomic E-state index is 0.845. The van der Waals surface area contributed by atoms with Gasteiger partial charge in [0.25, 0.3) is 0 Å². The fourth-order valence-corrected chi connectivity index (χ4v) is 8.87. The number of benzene rings is 9. The Morgan fingerprint density at radius 3 is 1.67 bits per heavy atom. The van der Waals surface area contributed by atoms with Gasteiger partial charge in [0.1, 0.15) is 11.2 Å². The lowest BCUT2D eigenvalue weighted by Crippen LogP contribution is -2.10. The molecule has 272 valence electrons. The largest absolute Gasteiger partial charge is 0.456 e. The van der Waals surface area contributed by atoms with E-state index in [9.17, 15) is 0 Å². The number of anilines is 3. The summed E-state index contributed by atoms with van der Waals surface area (Å²) in [6.07, 6.45) is 0. The number of aromatic nitrogens is 1. The second-order valence-corrected chi connectivity index (χ2v) is 14.9. The van der Waals surface area contributed by atoms with E-state index in [4.69, 9.17) is 9.15 Å². The Morgan fingerprint density at radius 2 is 0.914 bits per heavy atom. The maximum Gasteiger partial charge on any atom is 0.152 e. The first kappa shape index (κ1) is 32.4. The SMILES string of the molecule is c1ccc(-c2ccc(N(c3ccc(-c4cccc5c4-n4c6ccccc6c6cccc(c64)O5)cc3)c3ccc4c(c3)oc3cc(-c5ccccc5)ccc34)cc2)cc1. The zero-order valence-corrected chi connectivity index (χ0v) is 31.3. The van der Waals surface area contributed by atoms with Crippen molar-refractivity contribution in [3.05, 3.63) is 206 Å². The van der Waals surface area contributed by atoms with Crippen molar-refractivity contribution in [2.24, 2.45) is 0 Å². The number of ether oxygens (including phenoxy) is 1. The van der Waals surface area contributed by atoms with Gasteiger partial charge in [-0.25, -0.2) is 0 Å². The summed E-state index contributed by atoms with van der Waals surface area (Å²) < 4.78 is 15.6. The van der Waals surface area contributed by atoms with Crippen molar-refractivity contribution >= 4 is 60.8 Å². The minimum Gasteiger partial charge on any atom is -0.456 e. The number of furan rings is 1. The standard InChI is InChI=1S/C54H34N2O2/c1-3-11-35(12-4-1)37-21-26-40(27-22-37)55(42-30-32-46-45-31-25-39(36-13-5-2-6-14-36)33-51(45)58-52(46)34-42)41-28-23-38(24-29-41)43-16-9-19-49-53(43)56-48-18-8-7-15-44(48)47-17-10-20-50(57-49)54(47)56/h1-34H. The third-order valence-electron chi connectivity index (χ3n) is 11.6. The summed E-state index contributed by atoms with van der Waals surface area (Å²) in [5.41, 5.74) is 15.0. The zero-order chi connectivity index (χ0) is 38.2. The van der Waals surface area contributed by atoms with Crippen molar-refractivity contribution in [3.8, 4) is 50.6 Å². The number of rotatable bonds is 6. The molecule has 9 aromatic carbocycles. The van der Waals surface area contributed by atoms with Crippen LogP contribution < -0.4 is 9.64 Å². The van der Waals surface area contributed by atoms with Gasteiger partial charge in [-0.2, -0.15) is 0 Å². The van der Waals surface area contributed by atoms with E-state index in [2.05, 4.69) is 210 Å². The molecule has 0 N–H and O–H groups in total. The van der Waals surface area contributed by atoms with E-state index in [0.717, 1.165) is 78.4 Å². The predicted molar refractivity (Wildman–Crippen MR) is 239 cm³/mol. The number of nitrogens with zero attached hydrogens (tertiary/aromatic N) is 2. The molecule has 11 aromatic rings. The van der Waals surface area contributed by atoms with Gasteiger partial charge in [0.2, 0.25) is 0 Å². The molecule has 0 spiro atoms. The van der Waals surface area contributed by atoms with Crippen LogP contribution in [0, 0.1) is 0 Å². The fourth-order valence-electron chi connectivity index (χ4n) is 8.87. The molecule has 0 atom stereocenters. The van der Waals surface area contributed by atoms with Crippen LogP contribution in [0.2, 0.25) is 0 Å². The summed E-state index contributed by atoms with van der Waals surface area (Å²) in [6.45, 7) is 0. The zero-order valence-electron chi connectivity index (χ0n) is 31.3. The number of para-hydroxylation sites is 3. The summed E-state index contributed by atoms with van der Waals surface area (Å²) in [7, 11) is 0. The molecule has 12 rings (SSSR count). The van der Waals surface area contributed by atoms with Gasteiger partial charge in [0.15, 0.2) is 11.5 Å². The average Bonchev–Trinajstić information content (AvgIpc) is 3.83. The van der Waals surface area contributed by atoms with Crippen LogP contribution in [0.5, 0.6) is 11.5 Å². The van der Waals surface area contributed by atoms with Crippen LogP contribution >= 0.6 is 0 Å². The van der Waals surface area contributed by atoms with Crippen molar-refractivity contribution in [3.63, 3.8) is 0 Å². The Labute approximate surface area is 335 Å². The number of fused-ring (bicyclic) bond motifs is 8. The smallest absolute Gasteiger partial charge is 0.152 e. The molecule has 4 nitrogen and oxygen atoms in total. The quantitative estimate of drug-likeness (QED) is 0.170. The summed E-state index contributed by atoms with van der Waals surface area (Å²) in [5, 5.41) is 4.61. The summed E-state index contributed by atoms with van der Waals surface area (Å²) in [5.74, 6) is 1.72. The molecule has 58 heavy (non-hydrogen) atoms. The molecule has 0 unspecified atom stereocenters. The fraction of sp³-hybridized carbons (Fsp3) is 0. The minimum absolute atomic E-state index is 0.845. The van der Waals surface area contributed by atoms with Crippen molar-refractivity contribution in [2.45, 2.75) is 0 Å². The van der Waals surface area contributed by atoms with Gasteiger partial charge in [-0.05, 0) is 94.5 Å². The molecule has 1 aliphatic heterocycles. The molecule has 0 saturated carbocycles. The maximum absolute atomic E-state index is 6.62. The van der Waals surface area contributed by atoms with Crippen molar-refractivity contribution in [1.82, 2.24) is 4.57 Å². The lowest BCUT2D eigenvalue weighted by Gasteiger charge is -2.26. The van der Waals surface area contributed by atoms with Crippen LogP contribution in [0.25, 0.3) is 82.8 Å². The van der Waals surface area contributed by atoms with E-state index < -0.39 is 0 Å². The van der Waals surface area contributed by atoms with Gasteiger partial charge in [0, 0.05) is 50.2 Å². The second-order valence-electron chi connectivity index (χ2n) is 14.9. The molecule has 2 aromatic heterocycles. The summed E-state index contributed by atoms with van der Waals surface area (Å²) in [4.78, 5) is 2.31. The first-order valence-electron chi connectivity index (χ1n) is 19.7. The molecule has 3 heterocycles. The maximum atomic E-state index is 6.62. The summed E-state index contributed by atoms with van der Waals surface area (Å²) in [6, 6.07) is 73.1. The third kappa shape index (κ3) is 5.09. The van der Waals surface area contributed by atoms with E-state index in [-0.39, 0.29) is 0 Å². The van der Waals surface area contributed by atoms with Crippen molar-refractivity contribution < 1.29 is 9.15 Å². The third-order valence-corrected chi connectivity index (χ3v) is 11.6. The van der Waals surface area contributed by atoms with Crippen LogP contribution in [0.15, 0.2) is 211 Å². The molecular weight excluding hydrogens is 709 g/mol. The predicted octanol–water partition coefficient (Wildman–Crippen LogP) is 15.3. The van der Waals surface area contributed by atoms with E-state index in [1.807, 2.05) is 6.07 Å². The normalized spacial score (nSPS) is 11.9. The molecule has 0 amide bonds. The second kappa shape index (κ2) is 12.9. The summed E-state index contributed by atoms with van der Waals surface area (Å²) >= 11 is 0. The molecule has 0 aliphatic carbocycles. The van der Waals surface area contributed by atoms with E-state index >= 15 is 0 Å². The van der Waals surface area contributed by atoms with E-state index in [0.29, 0.717) is 0 Å². The van der Waals surface area contributed by atoms with Gasteiger partial charge in [0.05, 0.1) is 16.7 Å². The lowest BCUT2D eigenvalue weighted by atomic mass is 10.0. The molecule has 0 fully saturated rings. The van der Waals surface area contributed by atoms with Crippen molar-refractivity contribution in [1.29, 1.82) is 0 Å². The monoisotopic (exact) mass is 742 g/mol. The Morgan fingerprint density at radius 1 is 0.362 bits per heavy atom. The van der Waals surface area contributed by atoms with E-state index in [1.54, 1.807) is 0 Å². The van der Waals surface area contributed by atoms with E-state index in [1.165, 1.54) is 33.0 Å². The Bertz CT molecular complexity index is 3340. The molecule has 0 radical (unpaired) electrons. The Balaban J connectivity index is 0.981. The molecular formula is C54H34N2O2. The Kier molecular flexibility index (Phi) is 7.20.